The number of imidazole rings is 1. The second-order valence-corrected chi connectivity index (χ2v) is 8.15. The molecule has 0 spiro atoms. The molecule has 0 saturated heterocycles. The van der Waals surface area contributed by atoms with Crippen LogP contribution >= 0.6 is 0 Å². The Labute approximate surface area is 170 Å². The average molecular weight is 386 g/mol. The first-order valence-electron chi connectivity index (χ1n) is 10.3. The van der Waals surface area contributed by atoms with Crippen molar-refractivity contribution in [2.24, 2.45) is 12.0 Å². The molecular formula is C24H26N4O. The molecule has 2 aliphatic rings. The van der Waals surface area contributed by atoms with Gasteiger partial charge in [0.1, 0.15) is 0 Å². The number of nitrogens with zero attached hydrogens (tertiary/aromatic N) is 3. The maximum Gasteiger partial charge on any atom is 0.333 e. The van der Waals surface area contributed by atoms with Crippen LogP contribution in [0.2, 0.25) is 0 Å². The van der Waals surface area contributed by atoms with E-state index >= 15 is 0 Å². The molecule has 2 unspecified atom stereocenters. The Morgan fingerprint density at radius 1 is 1.28 bits per heavy atom. The first-order valence-corrected chi connectivity index (χ1v) is 10.3. The Morgan fingerprint density at radius 2 is 2.10 bits per heavy atom. The molecule has 5 nitrogen and oxygen atoms in total. The van der Waals surface area contributed by atoms with Crippen molar-refractivity contribution in [2.75, 3.05) is 6.54 Å². The van der Waals surface area contributed by atoms with Gasteiger partial charge < -0.3 is 5.32 Å². The number of hydrogen-bond acceptors (Lipinski definition) is 3. The van der Waals surface area contributed by atoms with Crippen molar-refractivity contribution in [2.45, 2.75) is 39.3 Å². The summed E-state index contributed by atoms with van der Waals surface area (Å²) >= 11 is 0. The van der Waals surface area contributed by atoms with E-state index in [1.807, 2.05) is 17.8 Å². The molecule has 2 atom stereocenters. The third-order valence-corrected chi connectivity index (χ3v) is 6.31. The molecule has 0 radical (unpaired) electrons. The van der Waals surface area contributed by atoms with Gasteiger partial charge in [0.15, 0.2) is 0 Å². The lowest BCUT2D eigenvalue weighted by Gasteiger charge is -2.14. The summed E-state index contributed by atoms with van der Waals surface area (Å²) in [7, 11) is 1.86. The molecule has 0 saturated carbocycles. The van der Waals surface area contributed by atoms with Gasteiger partial charge in [0.05, 0.1) is 17.6 Å². The number of aryl methyl sites for hydroxylation is 2. The van der Waals surface area contributed by atoms with Crippen LogP contribution in [0.25, 0.3) is 33.1 Å². The van der Waals surface area contributed by atoms with E-state index in [2.05, 4.69) is 67.5 Å². The molecule has 29 heavy (non-hydrogen) atoms. The first-order chi connectivity index (χ1) is 14.0. The summed E-state index contributed by atoms with van der Waals surface area (Å²) in [6, 6.07) is 9.07. The van der Waals surface area contributed by atoms with Crippen molar-refractivity contribution in [1.29, 1.82) is 0 Å². The number of hydrogen-bond donors (Lipinski definition) is 1. The van der Waals surface area contributed by atoms with Gasteiger partial charge >= 0.3 is 5.69 Å². The van der Waals surface area contributed by atoms with Crippen LogP contribution in [-0.4, -0.2) is 34.0 Å². The minimum atomic E-state index is 0.00734. The Morgan fingerprint density at radius 3 is 2.79 bits per heavy atom. The van der Waals surface area contributed by atoms with Gasteiger partial charge in [-0.25, -0.2) is 4.79 Å². The minimum Gasteiger partial charge on any atom is -0.303 e. The summed E-state index contributed by atoms with van der Waals surface area (Å²) in [6.45, 7) is 7.17. The van der Waals surface area contributed by atoms with E-state index in [-0.39, 0.29) is 11.7 Å². The van der Waals surface area contributed by atoms with Crippen molar-refractivity contribution in [3.63, 3.8) is 0 Å². The number of rotatable bonds is 3. The number of fused-ring (bicyclic) bond motifs is 3. The summed E-state index contributed by atoms with van der Waals surface area (Å²) in [6.07, 6.45) is 7.32. The highest BCUT2D eigenvalue weighted by Gasteiger charge is 2.26. The summed E-state index contributed by atoms with van der Waals surface area (Å²) in [4.78, 5) is 17.6. The summed E-state index contributed by atoms with van der Waals surface area (Å²) in [5.74, 6) is 0. The molecule has 5 rings (SSSR count). The predicted octanol–water partition coefficient (Wildman–Crippen LogP) is 3.88. The molecule has 1 N–H and O–H groups in total. The van der Waals surface area contributed by atoms with Crippen LogP contribution in [0.3, 0.4) is 0 Å². The van der Waals surface area contributed by atoms with Gasteiger partial charge in [0.2, 0.25) is 0 Å². The zero-order valence-corrected chi connectivity index (χ0v) is 17.4. The Bertz CT molecular complexity index is 1300. The fourth-order valence-corrected chi connectivity index (χ4v) is 4.71. The monoisotopic (exact) mass is 386 g/mol. The fourth-order valence-electron chi connectivity index (χ4n) is 4.71. The van der Waals surface area contributed by atoms with Crippen LogP contribution in [0, 0.1) is 6.92 Å². The molecule has 0 aliphatic carbocycles. The van der Waals surface area contributed by atoms with Crippen molar-refractivity contribution in [3.05, 3.63) is 58.0 Å². The summed E-state index contributed by atoms with van der Waals surface area (Å²) in [5, 5.41) is 5.84. The smallest absolute Gasteiger partial charge is 0.303 e. The van der Waals surface area contributed by atoms with Crippen LogP contribution in [0.4, 0.5) is 0 Å². The van der Waals surface area contributed by atoms with E-state index < -0.39 is 0 Å². The molecular weight excluding hydrogens is 360 g/mol. The molecule has 2 aromatic carbocycles. The summed E-state index contributed by atoms with van der Waals surface area (Å²) in [5.41, 5.74) is 6.57. The lowest BCUT2D eigenvalue weighted by atomic mass is 9.96. The van der Waals surface area contributed by atoms with Crippen LogP contribution < -0.4 is 11.0 Å². The van der Waals surface area contributed by atoms with Crippen LogP contribution in [0.5, 0.6) is 0 Å². The van der Waals surface area contributed by atoms with E-state index in [0.29, 0.717) is 6.04 Å². The van der Waals surface area contributed by atoms with Crippen LogP contribution in [0.1, 0.15) is 31.4 Å². The third-order valence-electron chi connectivity index (χ3n) is 6.31. The quantitative estimate of drug-likeness (QED) is 0.743. The molecule has 3 aromatic rings. The van der Waals surface area contributed by atoms with Gasteiger partial charge in [-0.2, -0.15) is 0 Å². The predicted molar refractivity (Wildman–Crippen MR) is 122 cm³/mol. The first kappa shape index (κ1) is 18.1. The van der Waals surface area contributed by atoms with Gasteiger partial charge in [-0.15, -0.1) is 0 Å². The fraction of sp³-hybridized carbons (Fsp3) is 0.333. The highest BCUT2D eigenvalue weighted by atomic mass is 16.1. The molecule has 5 heteroatoms. The second kappa shape index (κ2) is 6.56. The van der Waals surface area contributed by atoms with E-state index in [1.165, 1.54) is 11.1 Å². The topological polar surface area (TPSA) is 51.3 Å². The highest BCUT2D eigenvalue weighted by molar-refractivity contribution is 6.15. The standard InChI is InChI=1S/C24H26N4O/c1-5-18-11-22(15(3)26-18)28-23-20-12-19(17-8-9-25-13-17)14(2)10-16(20)6-7-21(23)27(4)24(28)29/h6-8,10-13,15,18,26H,5,9H2,1-4H3. The van der Waals surface area contributed by atoms with Gasteiger partial charge in [0, 0.05) is 36.4 Å². The van der Waals surface area contributed by atoms with Crippen molar-refractivity contribution in [1.82, 2.24) is 14.5 Å². The number of nitrogens with one attached hydrogen (secondary N) is 1. The molecule has 148 valence electrons. The van der Waals surface area contributed by atoms with Gasteiger partial charge in [-0.1, -0.05) is 25.1 Å². The number of aliphatic imine (C=N–C) groups is 1. The van der Waals surface area contributed by atoms with Crippen molar-refractivity contribution >= 4 is 39.3 Å². The Balaban J connectivity index is 1.87. The molecule has 3 heterocycles. The van der Waals surface area contributed by atoms with Gasteiger partial charge in [-0.05, 0) is 60.6 Å². The summed E-state index contributed by atoms with van der Waals surface area (Å²) < 4.78 is 3.68. The highest BCUT2D eigenvalue weighted by Crippen LogP contribution is 2.33. The van der Waals surface area contributed by atoms with Crippen LogP contribution in [-0.2, 0) is 7.05 Å². The molecule has 1 aromatic heterocycles. The van der Waals surface area contributed by atoms with E-state index in [0.717, 1.165) is 46.0 Å². The molecule has 2 aliphatic heterocycles. The number of aromatic nitrogens is 2. The lowest BCUT2D eigenvalue weighted by Crippen LogP contribution is -2.31. The van der Waals surface area contributed by atoms with E-state index in [1.54, 1.807) is 4.57 Å². The maximum absolute atomic E-state index is 13.3. The Kier molecular flexibility index (Phi) is 4.10. The SMILES string of the molecule is CCC1C=C(n2c(=O)n(C)c3ccc4cc(C)c(C5=CCN=C5)cc4c32)C(C)N1. The minimum absolute atomic E-state index is 0.00734. The Hall–Kier alpha value is -2.92. The zero-order chi connectivity index (χ0) is 20.3. The molecule has 0 bridgehead atoms. The number of benzene rings is 2. The van der Waals surface area contributed by atoms with E-state index in [4.69, 9.17) is 0 Å². The maximum atomic E-state index is 13.3. The zero-order valence-electron chi connectivity index (χ0n) is 17.4. The molecule has 0 fully saturated rings. The average Bonchev–Trinajstić information content (AvgIpc) is 3.42. The normalized spacial score (nSPS) is 21.4. The third kappa shape index (κ3) is 2.64. The largest absolute Gasteiger partial charge is 0.333 e. The lowest BCUT2D eigenvalue weighted by molar-refractivity contribution is 0.577. The second-order valence-electron chi connectivity index (χ2n) is 8.15. The van der Waals surface area contributed by atoms with Crippen LogP contribution in [0.15, 0.2) is 46.2 Å². The number of allylic oxidation sites excluding steroid dienone is 1. The van der Waals surface area contributed by atoms with Crippen molar-refractivity contribution in [3.8, 4) is 0 Å². The van der Waals surface area contributed by atoms with Gasteiger partial charge in [-0.3, -0.25) is 14.1 Å². The van der Waals surface area contributed by atoms with Gasteiger partial charge in [0.25, 0.3) is 0 Å². The van der Waals surface area contributed by atoms with Crippen molar-refractivity contribution < 1.29 is 0 Å². The van der Waals surface area contributed by atoms with E-state index in [9.17, 15) is 4.79 Å². The molecule has 0 amide bonds.